The van der Waals surface area contributed by atoms with Crippen LogP contribution in [0.2, 0.25) is 0 Å². The first-order valence-electron chi connectivity index (χ1n) is 3.52. The van der Waals surface area contributed by atoms with Crippen LogP contribution >= 0.6 is 15.9 Å². The molecule has 0 saturated carbocycles. The first kappa shape index (κ1) is 11.5. The molecule has 1 aromatic carbocycles. The first-order valence-corrected chi connectivity index (χ1v) is 4.31. The van der Waals surface area contributed by atoms with Gasteiger partial charge in [0, 0.05) is 0 Å². The molecule has 0 aromatic heterocycles. The average molecular weight is 273 g/mol. The van der Waals surface area contributed by atoms with Crippen LogP contribution in [0.25, 0.3) is 0 Å². The van der Waals surface area contributed by atoms with E-state index in [1.807, 2.05) is 15.9 Å². The summed E-state index contributed by atoms with van der Waals surface area (Å²) in [6, 6.07) is 2.08. The fraction of sp³-hybridized carbons (Fsp3) is 0.250. The van der Waals surface area contributed by atoms with E-state index in [0.717, 1.165) is 6.07 Å². The van der Waals surface area contributed by atoms with Crippen LogP contribution in [0.3, 0.4) is 0 Å². The van der Waals surface area contributed by atoms with E-state index in [-0.39, 0.29) is 0 Å². The molecule has 0 bridgehead atoms. The van der Waals surface area contributed by atoms with Crippen LogP contribution < -0.4 is 0 Å². The summed E-state index contributed by atoms with van der Waals surface area (Å²) in [6.45, 7) is 0. The molecule has 1 nitrogen and oxygen atoms in total. The zero-order chi connectivity index (χ0) is 10.9. The first-order chi connectivity index (χ1) is 6.32. The number of hydrogen-bond donors (Lipinski definition) is 1. The van der Waals surface area contributed by atoms with E-state index in [9.17, 15) is 17.6 Å². The smallest absolute Gasteiger partial charge is 0.330 e. The van der Waals surface area contributed by atoms with Gasteiger partial charge in [-0.2, -0.15) is 8.78 Å². The molecule has 0 aliphatic heterocycles. The van der Waals surface area contributed by atoms with E-state index in [1.165, 1.54) is 0 Å². The van der Waals surface area contributed by atoms with Crippen LogP contribution in [0.15, 0.2) is 18.2 Å². The Morgan fingerprint density at radius 2 is 1.79 bits per heavy atom. The molecule has 0 radical (unpaired) electrons. The van der Waals surface area contributed by atoms with Crippen molar-refractivity contribution in [2.45, 2.75) is 10.9 Å². The number of rotatable bonds is 2. The normalized spacial score (nSPS) is 14.1. The van der Waals surface area contributed by atoms with Gasteiger partial charge in [0.25, 0.3) is 0 Å². The van der Waals surface area contributed by atoms with Gasteiger partial charge in [0.05, 0.1) is 0 Å². The maximum Gasteiger partial charge on any atom is 0.330 e. The van der Waals surface area contributed by atoms with E-state index in [0.29, 0.717) is 12.1 Å². The Morgan fingerprint density at radius 1 is 1.21 bits per heavy atom. The van der Waals surface area contributed by atoms with Crippen LogP contribution in [0, 0.1) is 11.6 Å². The second-order valence-corrected chi connectivity index (χ2v) is 3.67. The molecule has 0 saturated heterocycles. The lowest BCUT2D eigenvalue weighted by atomic mass is 10.1. The Labute approximate surface area is 85.5 Å². The summed E-state index contributed by atoms with van der Waals surface area (Å²) >= 11 is 1.92. The van der Waals surface area contributed by atoms with Gasteiger partial charge in [0.1, 0.15) is 0 Å². The topological polar surface area (TPSA) is 20.2 Å². The second-order valence-electron chi connectivity index (χ2n) is 2.62. The summed E-state index contributed by atoms with van der Waals surface area (Å²) in [5, 5.41) is 8.99. The zero-order valence-corrected chi connectivity index (χ0v) is 8.23. The van der Waals surface area contributed by atoms with Gasteiger partial charge in [0.2, 0.25) is 0 Å². The van der Waals surface area contributed by atoms with Gasteiger partial charge in [0.15, 0.2) is 17.7 Å². The minimum atomic E-state index is -3.57. The molecule has 6 heteroatoms. The van der Waals surface area contributed by atoms with Crippen molar-refractivity contribution >= 4 is 15.9 Å². The van der Waals surface area contributed by atoms with Crippen molar-refractivity contribution in [2.75, 3.05) is 0 Å². The van der Waals surface area contributed by atoms with Crippen molar-refractivity contribution in [3.8, 4) is 0 Å². The number of aliphatic hydroxyl groups is 1. The fourth-order valence-corrected chi connectivity index (χ4v) is 1.14. The quantitative estimate of drug-likeness (QED) is 0.648. The summed E-state index contributed by atoms with van der Waals surface area (Å²) in [5.41, 5.74) is -0.397. The summed E-state index contributed by atoms with van der Waals surface area (Å²) in [4.78, 5) is -3.57. The summed E-state index contributed by atoms with van der Waals surface area (Å²) < 4.78 is 50.0. The van der Waals surface area contributed by atoms with Gasteiger partial charge in [-0.25, -0.2) is 8.78 Å². The lowest BCUT2D eigenvalue weighted by molar-refractivity contribution is -0.0296. The van der Waals surface area contributed by atoms with Crippen molar-refractivity contribution in [1.29, 1.82) is 0 Å². The SMILES string of the molecule is OC(c1ccc(F)c(F)c1)C(F)(F)Br. The Hall–Kier alpha value is -0.620. The summed E-state index contributed by atoms with van der Waals surface area (Å²) in [5.74, 6) is -2.43. The molecule has 1 atom stereocenters. The van der Waals surface area contributed by atoms with Crippen LogP contribution in [0.4, 0.5) is 17.6 Å². The number of benzene rings is 1. The van der Waals surface area contributed by atoms with E-state index < -0.39 is 28.1 Å². The van der Waals surface area contributed by atoms with Crippen LogP contribution in [0.1, 0.15) is 11.7 Å². The number of halogens is 5. The van der Waals surface area contributed by atoms with Crippen molar-refractivity contribution in [3.63, 3.8) is 0 Å². The third kappa shape index (κ3) is 2.45. The van der Waals surface area contributed by atoms with Crippen molar-refractivity contribution in [1.82, 2.24) is 0 Å². The molecular formula is C8H5BrF4O. The zero-order valence-electron chi connectivity index (χ0n) is 6.65. The van der Waals surface area contributed by atoms with E-state index in [1.54, 1.807) is 0 Å². The third-order valence-electron chi connectivity index (χ3n) is 1.57. The Kier molecular flexibility index (Phi) is 3.16. The molecule has 0 aliphatic carbocycles. The van der Waals surface area contributed by atoms with E-state index in [4.69, 9.17) is 5.11 Å². The molecule has 1 N–H and O–H groups in total. The monoisotopic (exact) mass is 272 g/mol. The standard InChI is InChI=1S/C8H5BrF4O/c9-8(12,13)7(14)4-1-2-5(10)6(11)3-4/h1-3,7,14H. The molecule has 14 heavy (non-hydrogen) atoms. The highest BCUT2D eigenvalue weighted by atomic mass is 79.9. The lowest BCUT2D eigenvalue weighted by Crippen LogP contribution is -2.18. The maximum absolute atomic E-state index is 12.6. The molecule has 1 rings (SSSR count). The number of hydrogen-bond acceptors (Lipinski definition) is 1. The van der Waals surface area contributed by atoms with Crippen LogP contribution in [0.5, 0.6) is 0 Å². The predicted octanol–water partition coefficient (Wildman–Crippen LogP) is 2.99. The van der Waals surface area contributed by atoms with Gasteiger partial charge in [-0.05, 0) is 33.6 Å². The minimum absolute atomic E-state index is 0.397. The maximum atomic E-state index is 12.6. The minimum Gasteiger partial charge on any atom is -0.381 e. The molecule has 0 spiro atoms. The predicted molar refractivity (Wildman–Crippen MR) is 45.2 cm³/mol. The Morgan fingerprint density at radius 3 is 2.21 bits per heavy atom. The molecule has 0 heterocycles. The third-order valence-corrected chi connectivity index (χ3v) is 2.00. The number of aliphatic hydroxyl groups excluding tert-OH is 1. The second kappa shape index (κ2) is 3.86. The van der Waals surface area contributed by atoms with E-state index in [2.05, 4.69) is 0 Å². The lowest BCUT2D eigenvalue weighted by Gasteiger charge is -2.16. The molecule has 0 aliphatic rings. The van der Waals surface area contributed by atoms with Crippen LogP contribution in [-0.2, 0) is 0 Å². The van der Waals surface area contributed by atoms with Gasteiger partial charge in [-0.3, -0.25) is 0 Å². The Bertz CT molecular complexity index is 337. The summed E-state index contributed by atoms with van der Waals surface area (Å²) in [6.07, 6.45) is -2.21. The molecule has 1 aromatic rings. The van der Waals surface area contributed by atoms with Crippen molar-refractivity contribution in [2.24, 2.45) is 0 Å². The fourth-order valence-electron chi connectivity index (χ4n) is 0.871. The van der Waals surface area contributed by atoms with E-state index >= 15 is 0 Å². The molecule has 1 unspecified atom stereocenters. The van der Waals surface area contributed by atoms with Gasteiger partial charge >= 0.3 is 4.83 Å². The number of alkyl halides is 3. The molecule has 0 fully saturated rings. The highest BCUT2D eigenvalue weighted by molar-refractivity contribution is 9.10. The Balaban J connectivity index is 3.03. The van der Waals surface area contributed by atoms with Gasteiger partial charge in [-0.1, -0.05) is 6.07 Å². The van der Waals surface area contributed by atoms with Crippen molar-refractivity contribution < 1.29 is 22.7 Å². The molecule has 0 amide bonds. The van der Waals surface area contributed by atoms with Crippen molar-refractivity contribution in [3.05, 3.63) is 35.4 Å². The van der Waals surface area contributed by atoms with Gasteiger partial charge < -0.3 is 5.11 Å². The molecule has 78 valence electrons. The van der Waals surface area contributed by atoms with Crippen LogP contribution in [-0.4, -0.2) is 9.94 Å². The van der Waals surface area contributed by atoms with Gasteiger partial charge in [-0.15, -0.1) is 0 Å². The summed E-state index contributed by atoms with van der Waals surface area (Å²) in [7, 11) is 0. The highest BCUT2D eigenvalue weighted by Crippen LogP contribution is 2.36. The highest BCUT2D eigenvalue weighted by Gasteiger charge is 2.36. The largest absolute Gasteiger partial charge is 0.381 e. The molecular weight excluding hydrogens is 268 g/mol. The average Bonchev–Trinajstić information content (AvgIpc) is 2.07.